The van der Waals surface area contributed by atoms with E-state index in [0.29, 0.717) is 17.4 Å². The van der Waals surface area contributed by atoms with E-state index in [2.05, 4.69) is 41.8 Å². The third-order valence-corrected chi connectivity index (χ3v) is 4.09. The molecule has 2 aromatic rings. The van der Waals surface area contributed by atoms with Crippen LogP contribution in [0.15, 0.2) is 48.5 Å². The van der Waals surface area contributed by atoms with E-state index in [1.165, 1.54) is 0 Å². The van der Waals surface area contributed by atoms with Crippen molar-refractivity contribution in [2.24, 2.45) is 0 Å². The maximum absolute atomic E-state index is 11.9. The van der Waals surface area contributed by atoms with E-state index in [-0.39, 0.29) is 19.1 Å². The number of ether oxygens (including phenoxy) is 2. The predicted molar refractivity (Wildman–Crippen MR) is 105 cm³/mol. The molecule has 2 aromatic carbocycles. The first-order chi connectivity index (χ1) is 11.9. The number of rotatable bonds is 7. The fourth-order valence-corrected chi connectivity index (χ4v) is 2.39. The Hall–Kier alpha value is -2.09. The fourth-order valence-electron chi connectivity index (χ4n) is 2.03. The first-order valence-electron chi connectivity index (χ1n) is 7.88. The molecule has 2 rings (SSSR count). The van der Waals surface area contributed by atoms with Gasteiger partial charge in [-0.1, -0.05) is 26.0 Å². The van der Waals surface area contributed by atoms with Crippen LogP contribution in [-0.2, 0) is 14.3 Å². The van der Waals surface area contributed by atoms with Gasteiger partial charge in [0.2, 0.25) is 0 Å². The average molecular weight is 453 g/mol. The van der Waals surface area contributed by atoms with Crippen molar-refractivity contribution >= 4 is 40.2 Å². The Labute approximate surface area is 160 Å². The van der Waals surface area contributed by atoms with E-state index in [1.54, 1.807) is 18.2 Å². The zero-order valence-corrected chi connectivity index (χ0v) is 16.3. The maximum Gasteiger partial charge on any atom is 0.344 e. The van der Waals surface area contributed by atoms with Crippen LogP contribution in [0.4, 0.5) is 5.69 Å². The summed E-state index contributed by atoms with van der Waals surface area (Å²) in [4.78, 5) is 23.5. The van der Waals surface area contributed by atoms with Crippen LogP contribution < -0.4 is 10.1 Å². The highest BCUT2D eigenvalue weighted by atomic mass is 127. The maximum atomic E-state index is 11.9. The Kier molecular flexibility index (Phi) is 7.24. The Morgan fingerprint density at radius 3 is 2.48 bits per heavy atom. The molecule has 0 saturated carbocycles. The van der Waals surface area contributed by atoms with Crippen molar-refractivity contribution in [2.75, 3.05) is 18.5 Å². The summed E-state index contributed by atoms with van der Waals surface area (Å²) in [6.45, 7) is 3.57. The Morgan fingerprint density at radius 1 is 1.08 bits per heavy atom. The molecule has 0 atom stereocenters. The van der Waals surface area contributed by atoms with Crippen LogP contribution in [0.2, 0.25) is 0 Å². The van der Waals surface area contributed by atoms with Crippen LogP contribution in [0.25, 0.3) is 0 Å². The molecule has 0 unspecified atom stereocenters. The summed E-state index contributed by atoms with van der Waals surface area (Å²) in [6.07, 6.45) is 0. The zero-order valence-electron chi connectivity index (χ0n) is 14.1. The molecule has 0 aromatic heterocycles. The second-order valence-corrected chi connectivity index (χ2v) is 6.98. The minimum absolute atomic E-state index is 0.239. The van der Waals surface area contributed by atoms with Crippen molar-refractivity contribution in [3.8, 4) is 5.75 Å². The monoisotopic (exact) mass is 453 g/mol. The van der Waals surface area contributed by atoms with Crippen LogP contribution in [0.1, 0.15) is 25.3 Å². The molecule has 0 aliphatic heterocycles. The highest BCUT2D eigenvalue weighted by Gasteiger charge is 2.09. The molecule has 0 aliphatic carbocycles. The first-order valence-corrected chi connectivity index (χ1v) is 8.95. The second kappa shape index (κ2) is 9.41. The van der Waals surface area contributed by atoms with E-state index < -0.39 is 5.97 Å². The van der Waals surface area contributed by atoms with Crippen LogP contribution >= 0.6 is 22.6 Å². The van der Waals surface area contributed by atoms with Gasteiger partial charge >= 0.3 is 5.97 Å². The number of nitrogens with one attached hydrogen (secondary N) is 1. The van der Waals surface area contributed by atoms with Gasteiger partial charge in [0, 0.05) is 9.26 Å². The molecule has 1 amide bonds. The van der Waals surface area contributed by atoms with Crippen LogP contribution in [0.3, 0.4) is 0 Å². The summed E-state index contributed by atoms with van der Waals surface area (Å²) in [6, 6.07) is 14.9. The number of carbonyl (C=O) groups excluding carboxylic acids is 2. The van der Waals surface area contributed by atoms with Gasteiger partial charge in [0.25, 0.3) is 5.91 Å². The van der Waals surface area contributed by atoms with Gasteiger partial charge in [0.05, 0.1) is 0 Å². The molecule has 6 heteroatoms. The van der Waals surface area contributed by atoms with E-state index in [0.717, 1.165) is 9.13 Å². The largest absolute Gasteiger partial charge is 0.482 e. The number of anilines is 1. The van der Waals surface area contributed by atoms with Gasteiger partial charge < -0.3 is 14.8 Å². The topological polar surface area (TPSA) is 64.6 Å². The summed E-state index contributed by atoms with van der Waals surface area (Å²) in [5.74, 6) is -0.0337. The Morgan fingerprint density at radius 2 is 1.80 bits per heavy atom. The van der Waals surface area contributed by atoms with Gasteiger partial charge in [0.15, 0.2) is 13.2 Å². The lowest BCUT2D eigenvalue weighted by atomic mass is 10.0. The van der Waals surface area contributed by atoms with E-state index in [1.807, 2.05) is 30.3 Å². The highest BCUT2D eigenvalue weighted by Crippen LogP contribution is 2.18. The average Bonchev–Trinajstić information content (AvgIpc) is 2.59. The Balaban J connectivity index is 1.74. The lowest BCUT2D eigenvalue weighted by Crippen LogP contribution is -2.23. The predicted octanol–water partition coefficient (Wildman–Crippen LogP) is 3.98. The summed E-state index contributed by atoms with van der Waals surface area (Å²) in [5, 5.41) is 2.71. The lowest BCUT2D eigenvalue weighted by Gasteiger charge is -2.10. The summed E-state index contributed by atoms with van der Waals surface area (Å²) >= 11 is 2.18. The minimum atomic E-state index is -0.593. The molecule has 0 spiro atoms. The van der Waals surface area contributed by atoms with Gasteiger partial charge in [-0.15, -0.1) is 0 Å². The van der Waals surface area contributed by atoms with Crippen molar-refractivity contribution in [1.29, 1.82) is 0 Å². The van der Waals surface area contributed by atoms with Crippen molar-refractivity contribution in [3.63, 3.8) is 0 Å². The number of halogens is 1. The van der Waals surface area contributed by atoms with Gasteiger partial charge in [-0.05, 0) is 70.5 Å². The standard InChI is InChI=1S/C19H20INO4/c1-13(2)14-4-3-5-16(10-14)21-18(22)11-25-19(23)12-24-17-8-6-15(20)7-9-17/h3-10,13H,11-12H2,1-2H3,(H,21,22). The van der Waals surface area contributed by atoms with Gasteiger partial charge in [-0.2, -0.15) is 0 Å². The highest BCUT2D eigenvalue weighted by molar-refractivity contribution is 14.1. The van der Waals surface area contributed by atoms with Crippen LogP contribution in [0.5, 0.6) is 5.75 Å². The zero-order chi connectivity index (χ0) is 18.2. The van der Waals surface area contributed by atoms with Crippen molar-refractivity contribution in [2.45, 2.75) is 19.8 Å². The second-order valence-electron chi connectivity index (χ2n) is 5.73. The number of amides is 1. The molecule has 0 fully saturated rings. The third-order valence-electron chi connectivity index (χ3n) is 3.37. The first kappa shape index (κ1) is 19.2. The fraction of sp³-hybridized carbons (Fsp3) is 0.263. The molecule has 0 aliphatic rings. The van der Waals surface area contributed by atoms with E-state index in [9.17, 15) is 9.59 Å². The van der Waals surface area contributed by atoms with Crippen LogP contribution in [-0.4, -0.2) is 25.1 Å². The van der Waals surface area contributed by atoms with Gasteiger partial charge in [-0.3, -0.25) is 4.79 Å². The molecule has 25 heavy (non-hydrogen) atoms. The number of hydrogen-bond acceptors (Lipinski definition) is 4. The van der Waals surface area contributed by atoms with E-state index >= 15 is 0 Å². The number of benzene rings is 2. The van der Waals surface area contributed by atoms with Crippen molar-refractivity contribution in [3.05, 3.63) is 57.7 Å². The SMILES string of the molecule is CC(C)c1cccc(NC(=O)COC(=O)COc2ccc(I)cc2)c1. The molecule has 0 saturated heterocycles. The third kappa shape index (κ3) is 6.74. The van der Waals surface area contributed by atoms with Crippen LogP contribution in [0, 0.1) is 3.57 Å². The van der Waals surface area contributed by atoms with Gasteiger partial charge in [-0.25, -0.2) is 4.79 Å². The van der Waals surface area contributed by atoms with E-state index in [4.69, 9.17) is 9.47 Å². The molecular weight excluding hydrogens is 433 g/mol. The van der Waals surface area contributed by atoms with Crippen molar-refractivity contribution in [1.82, 2.24) is 0 Å². The van der Waals surface area contributed by atoms with Crippen molar-refractivity contribution < 1.29 is 19.1 Å². The summed E-state index contributed by atoms with van der Waals surface area (Å²) in [7, 11) is 0. The number of hydrogen-bond donors (Lipinski definition) is 1. The molecule has 0 radical (unpaired) electrons. The molecule has 132 valence electrons. The normalized spacial score (nSPS) is 10.4. The molecule has 0 heterocycles. The number of carbonyl (C=O) groups is 2. The summed E-state index contributed by atoms with van der Waals surface area (Å²) < 4.78 is 11.3. The molecule has 5 nitrogen and oxygen atoms in total. The quantitative estimate of drug-likeness (QED) is 0.509. The molecule has 0 bridgehead atoms. The minimum Gasteiger partial charge on any atom is -0.482 e. The van der Waals surface area contributed by atoms with Gasteiger partial charge in [0.1, 0.15) is 5.75 Å². The summed E-state index contributed by atoms with van der Waals surface area (Å²) in [5.41, 5.74) is 1.81. The molecule has 1 N–H and O–H groups in total. The lowest BCUT2D eigenvalue weighted by molar-refractivity contribution is -0.149. The number of esters is 1. The molecular formula is C19H20INO4. The Bertz CT molecular complexity index is 728. The smallest absolute Gasteiger partial charge is 0.344 e.